The first-order valence-corrected chi connectivity index (χ1v) is 13.8. The van der Waals surface area contributed by atoms with E-state index < -0.39 is 36.4 Å². The maximum Gasteiger partial charge on any atom is 0.490 e. The number of benzene rings is 1. The number of carbonyl (C=O) groups is 3. The van der Waals surface area contributed by atoms with Crippen molar-refractivity contribution >= 4 is 23.4 Å². The summed E-state index contributed by atoms with van der Waals surface area (Å²) in [5.41, 5.74) is 4.76. The van der Waals surface area contributed by atoms with Crippen molar-refractivity contribution in [2.24, 2.45) is 0 Å². The Morgan fingerprint density at radius 3 is 1.84 bits per heavy atom. The average molecular weight is 745 g/mol. The summed E-state index contributed by atoms with van der Waals surface area (Å²) >= 11 is 0. The van der Waals surface area contributed by atoms with Crippen molar-refractivity contribution in [2.45, 2.75) is 31.1 Å². The molecule has 0 bridgehead atoms. The van der Waals surface area contributed by atoms with Crippen LogP contribution in [0.3, 0.4) is 0 Å². The monoisotopic (exact) mass is 744 g/mol. The van der Waals surface area contributed by atoms with Crippen molar-refractivity contribution in [3.63, 3.8) is 0 Å². The molecular weight excluding hydrogens is 718 g/mol. The topological polar surface area (TPSA) is 161 Å². The molecule has 1 fully saturated rings. The minimum Gasteiger partial charge on any atom is -0.475 e. The Hall–Kier alpha value is -5.38. The molecule has 0 radical (unpaired) electrons. The van der Waals surface area contributed by atoms with E-state index in [4.69, 9.17) is 29.7 Å². The molecule has 1 unspecified atom stereocenters. The highest BCUT2D eigenvalue weighted by Crippen LogP contribution is 2.28. The highest BCUT2D eigenvalue weighted by Gasteiger charge is 2.39. The van der Waals surface area contributed by atoms with Crippen LogP contribution < -0.4 is 0 Å². The van der Waals surface area contributed by atoms with Crippen LogP contribution >= 0.6 is 0 Å². The van der Waals surface area contributed by atoms with Crippen molar-refractivity contribution in [1.82, 2.24) is 29.6 Å². The van der Waals surface area contributed by atoms with E-state index >= 15 is 0 Å². The van der Waals surface area contributed by atoms with Crippen LogP contribution in [0.4, 0.5) is 43.9 Å². The van der Waals surface area contributed by atoms with E-state index in [0.29, 0.717) is 0 Å². The van der Waals surface area contributed by atoms with Crippen molar-refractivity contribution in [1.29, 1.82) is 0 Å². The number of aromatic nitrogens is 4. The summed E-state index contributed by atoms with van der Waals surface area (Å²) in [6, 6.07) is 16.8. The van der Waals surface area contributed by atoms with Gasteiger partial charge in [-0.05, 0) is 42.9 Å². The van der Waals surface area contributed by atoms with Gasteiger partial charge in [0.2, 0.25) is 0 Å². The van der Waals surface area contributed by atoms with Crippen LogP contribution in [0.25, 0.3) is 16.6 Å². The molecule has 278 valence electrons. The van der Waals surface area contributed by atoms with Gasteiger partial charge in [-0.1, -0.05) is 29.5 Å². The van der Waals surface area contributed by atoms with Gasteiger partial charge in [-0.15, -0.1) is 5.10 Å². The van der Waals surface area contributed by atoms with Gasteiger partial charge in [0.15, 0.2) is 0 Å². The molecule has 51 heavy (non-hydrogen) atoms. The quantitative estimate of drug-likeness (QED) is 0.232. The van der Waals surface area contributed by atoms with E-state index in [-0.39, 0.29) is 11.9 Å². The molecule has 4 heterocycles. The van der Waals surface area contributed by atoms with Gasteiger partial charge in [0.1, 0.15) is 11.5 Å². The largest absolute Gasteiger partial charge is 0.490 e. The number of halogens is 10. The molecule has 1 aliphatic rings. The fourth-order valence-electron chi connectivity index (χ4n) is 4.08. The van der Waals surface area contributed by atoms with Crippen LogP contribution in [-0.2, 0) is 20.9 Å². The summed E-state index contributed by atoms with van der Waals surface area (Å²) < 4.78 is 111. The third kappa shape index (κ3) is 13.5. The van der Waals surface area contributed by atoms with Gasteiger partial charge in [0, 0.05) is 44.1 Å². The zero-order valence-electron chi connectivity index (χ0n) is 25.8. The lowest BCUT2D eigenvalue weighted by Gasteiger charge is -2.38. The van der Waals surface area contributed by atoms with E-state index in [1.54, 1.807) is 10.6 Å². The SMILES string of the molecule is CN1CCN(Cc2ccccn2)CC1c1nnn2cc(-c3cccc(F)c3)ccc12.O=C(O)C(F)(F)F.O=C(O)C(F)(F)F.O=C(O)C(F)(F)F. The molecule has 1 aromatic carbocycles. The molecule has 0 spiro atoms. The molecule has 1 saturated heterocycles. The number of piperazine rings is 1. The van der Waals surface area contributed by atoms with Crippen molar-refractivity contribution in [3.8, 4) is 11.1 Å². The molecule has 1 atom stereocenters. The lowest BCUT2D eigenvalue weighted by atomic mass is 10.1. The number of carboxylic acid groups (broad SMARTS) is 3. The Morgan fingerprint density at radius 2 is 1.35 bits per heavy atom. The van der Waals surface area contributed by atoms with Crippen molar-refractivity contribution in [3.05, 3.63) is 84.2 Å². The third-order valence-electron chi connectivity index (χ3n) is 6.49. The van der Waals surface area contributed by atoms with Gasteiger partial charge in [-0.25, -0.2) is 23.3 Å². The molecule has 4 aromatic rings. The number of carboxylic acids is 3. The van der Waals surface area contributed by atoms with Gasteiger partial charge in [0.05, 0.1) is 17.3 Å². The van der Waals surface area contributed by atoms with Crippen LogP contribution in [0, 0.1) is 5.82 Å². The molecule has 0 aliphatic carbocycles. The molecule has 5 rings (SSSR count). The fraction of sp³-hybridized carbons (Fsp3) is 0.310. The lowest BCUT2D eigenvalue weighted by molar-refractivity contribution is -0.193. The highest BCUT2D eigenvalue weighted by atomic mass is 19.4. The van der Waals surface area contributed by atoms with Gasteiger partial charge in [-0.3, -0.25) is 14.8 Å². The van der Waals surface area contributed by atoms with Crippen LogP contribution in [0.5, 0.6) is 0 Å². The maximum atomic E-state index is 13.6. The van der Waals surface area contributed by atoms with Gasteiger partial charge in [0.25, 0.3) is 0 Å². The Kier molecular flexibility index (Phi) is 14.4. The van der Waals surface area contributed by atoms with Crippen molar-refractivity contribution < 1.29 is 73.6 Å². The number of pyridine rings is 2. The number of hydrogen-bond donors (Lipinski definition) is 3. The molecule has 12 nitrogen and oxygen atoms in total. The normalized spacial score (nSPS) is 15.3. The van der Waals surface area contributed by atoms with Crippen LogP contribution in [0.15, 0.2) is 67.0 Å². The average Bonchev–Trinajstić information content (AvgIpc) is 3.45. The van der Waals surface area contributed by atoms with E-state index in [1.165, 1.54) is 12.1 Å². The Balaban J connectivity index is 0.000000352. The zero-order valence-corrected chi connectivity index (χ0v) is 25.8. The van der Waals surface area contributed by atoms with E-state index in [0.717, 1.165) is 54.2 Å². The summed E-state index contributed by atoms with van der Waals surface area (Å²) in [6.45, 7) is 3.64. The Labute approximate surface area is 280 Å². The van der Waals surface area contributed by atoms with Crippen molar-refractivity contribution in [2.75, 3.05) is 26.7 Å². The molecule has 1 aliphatic heterocycles. The summed E-state index contributed by atoms with van der Waals surface area (Å²) in [6.07, 6.45) is -11.5. The predicted molar refractivity (Wildman–Crippen MR) is 154 cm³/mol. The molecule has 3 N–H and O–H groups in total. The number of likely N-dealkylation sites (N-methyl/N-ethyl adjacent to an activating group) is 1. The summed E-state index contributed by atoms with van der Waals surface area (Å²) in [4.78, 5) is 35.9. The number of nitrogens with zero attached hydrogens (tertiary/aromatic N) is 6. The second kappa shape index (κ2) is 17.5. The summed E-state index contributed by atoms with van der Waals surface area (Å²) in [5, 5.41) is 30.3. The number of hydrogen-bond acceptors (Lipinski definition) is 8. The first-order valence-electron chi connectivity index (χ1n) is 13.8. The number of fused-ring (bicyclic) bond motifs is 1. The fourth-order valence-corrected chi connectivity index (χ4v) is 4.08. The van der Waals surface area contributed by atoms with Crippen LogP contribution in [-0.4, -0.2) is 108 Å². The first kappa shape index (κ1) is 41.8. The van der Waals surface area contributed by atoms with Crippen LogP contribution in [0.1, 0.15) is 17.4 Å². The molecular formula is C29H26F10N6O6. The number of aliphatic carboxylic acids is 3. The smallest absolute Gasteiger partial charge is 0.475 e. The second-order valence-corrected chi connectivity index (χ2v) is 10.2. The molecule has 0 amide bonds. The Morgan fingerprint density at radius 1 is 0.784 bits per heavy atom. The Bertz CT molecular complexity index is 1710. The van der Waals surface area contributed by atoms with E-state index in [2.05, 4.69) is 38.2 Å². The molecule has 3 aromatic heterocycles. The summed E-state index contributed by atoms with van der Waals surface area (Å²) in [5.74, 6) is -8.52. The maximum absolute atomic E-state index is 13.6. The number of rotatable bonds is 4. The number of alkyl halides is 9. The standard InChI is InChI=1S/C23H23FN6.3C2HF3O2/c1-28-11-12-29(15-20-7-2-3-10-25-20)16-22(28)23-21-9-8-18(14-30(21)27-26-23)17-5-4-6-19(24)13-17;3*3-2(4,5)1(6)7/h2-10,13-14,22H,11-12,15-16H2,1H3;3*(H,6,7). The highest BCUT2D eigenvalue weighted by molar-refractivity contribution is 5.73. The minimum atomic E-state index is -5.08. The molecule has 0 saturated carbocycles. The van der Waals surface area contributed by atoms with Gasteiger partial charge < -0.3 is 15.3 Å². The van der Waals surface area contributed by atoms with Crippen LogP contribution in [0.2, 0.25) is 0 Å². The molecule has 22 heteroatoms. The summed E-state index contributed by atoms with van der Waals surface area (Å²) in [7, 11) is 2.13. The second-order valence-electron chi connectivity index (χ2n) is 10.2. The van der Waals surface area contributed by atoms with Gasteiger partial charge >= 0.3 is 36.4 Å². The van der Waals surface area contributed by atoms with E-state index in [9.17, 15) is 43.9 Å². The predicted octanol–water partition coefficient (Wildman–Crippen LogP) is 5.32. The first-order chi connectivity index (χ1) is 23.5. The third-order valence-corrected chi connectivity index (χ3v) is 6.49. The lowest BCUT2D eigenvalue weighted by Crippen LogP contribution is -2.46. The minimum absolute atomic E-state index is 0.153. The zero-order chi connectivity index (χ0) is 38.7. The van der Waals surface area contributed by atoms with Gasteiger partial charge in [-0.2, -0.15) is 39.5 Å². The van der Waals surface area contributed by atoms with E-state index in [1.807, 2.05) is 42.7 Å².